The first-order chi connectivity index (χ1) is 18.6. The monoisotopic (exact) mass is 634 g/mol. The van der Waals surface area contributed by atoms with Crippen molar-refractivity contribution in [2.24, 2.45) is 0 Å². The second-order valence-electron chi connectivity index (χ2n) is 9.49. The second-order valence-corrected chi connectivity index (χ2v) is 11.7. The van der Waals surface area contributed by atoms with Gasteiger partial charge in [-0.3, -0.25) is 0 Å². The van der Waals surface area contributed by atoms with Crippen molar-refractivity contribution in [2.75, 3.05) is 11.9 Å². The SMILES string of the molecule is CCOc1cc(C2C(C(=O)OC(C)C)=C(C)Nc3nc(SCc4ccccc4Cl)nn32)cc(Br)c1OC(C)C. The van der Waals surface area contributed by atoms with Gasteiger partial charge in [-0.2, -0.15) is 4.98 Å². The molecule has 0 aliphatic carbocycles. The summed E-state index contributed by atoms with van der Waals surface area (Å²) in [6.45, 7) is 11.8. The predicted octanol–water partition coefficient (Wildman–Crippen LogP) is 7.41. The Morgan fingerprint density at radius 3 is 2.62 bits per heavy atom. The molecule has 1 unspecified atom stereocenters. The number of fused-ring (bicyclic) bond motifs is 1. The third-order valence-electron chi connectivity index (χ3n) is 5.71. The number of nitrogens with zero attached hydrogens (tertiary/aromatic N) is 3. The number of ether oxygens (including phenoxy) is 3. The lowest BCUT2D eigenvalue weighted by molar-refractivity contribution is -0.143. The van der Waals surface area contributed by atoms with Gasteiger partial charge in [0.05, 0.1) is 28.9 Å². The number of anilines is 1. The van der Waals surface area contributed by atoms with E-state index in [1.807, 2.05) is 77.9 Å². The van der Waals surface area contributed by atoms with Crippen molar-refractivity contribution in [3.8, 4) is 11.5 Å². The Labute approximate surface area is 246 Å². The Morgan fingerprint density at radius 1 is 1.21 bits per heavy atom. The molecular formula is C28H32BrClN4O4S. The van der Waals surface area contributed by atoms with Crippen molar-refractivity contribution in [3.05, 3.63) is 68.3 Å². The smallest absolute Gasteiger partial charge is 0.338 e. The summed E-state index contributed by atoms with van der Waals surface area (Å²) < 4.78 is 20.1. The number of esters is 1. The van der Waals surface area contributed by atoms with E-state index in [1.54, 1.807) is 4.68 Å². The molecule has 0 saturated heterocycles. The molecule has 2 heterocycles. The quantitative estimate of drug-likeness (QED) is 0.182. The minimum absolute atomic E-state index is 0.0522. The van der Waals surface area contributed by atoms with Crippen LogP contribution in [0.3, 0.4) is 0 Å². The van der Waals surface area contributed by atoms with Crippen molar-refractivity contribution in [1.82, 2.24) is 14.8 Å². The number of nitrogens with one attached hydrogen (secondary N) is 1. The zero-order valence-electron chi connectivity index (χ0n) is 22.7. The van der Waals surface area contributed by atoms with E-state index in [0.717, 1.165) is 11.1 Å². The van der Waals surface area contributed by atoms with Crippen LogP contribution in [0, 0.1) is 0 Å². The predicted molar refractivity (Wildman–Crippen MR) is 158 cm³/mol. The maximum Gasteiger partial charge on any atom is 0.338 e. The number of carbonyl (C=O) groups excluding carboxylic acids is 1. The summed E-state index contributed by atoms with van der Waals surface area (Å²) in [6.07, 6.45) is -0.339. The molecule has 3 aromatic rings. The second kappa shape index (κ2) is 12.7. The van der Waals surface area contributed by atoms with Gasteiger partial charge in [0, 0.05) is 16.5 Å². The van der Waals surface area contributed by atoms with E-state index in [0.29, 0.717) is 55.7 Å². The average Bonchev–Trinajstić information content (AvgIpc) is 3.26. The molecule has 208 valence electrons. The van der Waals surface area contributed by atoms with Gasteiger partial charge >= 0.3 is 5.97 Å². The van der Waals surface area contributed by atoms with E-state index >= 15 is 0 Å². The van der Waals surface area contributed by atoms with Crippen LogP contribution >= 0.6 is 39.3 Å². The molecule has 1 N–H and O–H groups in total. The summed E-state index contributed by atoms with van der Waals surface area (Å²) in [5.41, 5.74) is 2.84. The molecule has 1 atom stereocenters. The fourth-order valence-electron chi connectivity index (χ4n) is 4.16. The van der Waals surface area contributed by atoms with E-state index in [1.165, 1.54) is 11.8 Å². The van der Waals surface area contributed by atoms with Crippen LogP contribution in [-0.4, -0.2) is 39.5 Å². The Morgan fingerprint density at radius 2 is 1.95 bits per heavy atom. The molecule has 0 fully saturated rings. The topological polar surface area (TPSA) is 87.5 Å². The van der Waals surface area contributed by atoms with Crippen molar-refractivity contribution >= 4 is 51.2 Å². The van der Waals surface area contributed by atoms with Gasteiger partial charge in [-0.1, -0.05) is 41.6 Å². The van der Waals surface area contributed by atoms with Gasteiger partial charge < -0.3 is 19.5 Å². The summed E-state index contributed by atoms with van der Waals surface area (Å²) in [4.78, 5) is 18.1. The summed E-state index contributed by atoms with van der Waals surface area (Å²) in [6, 6.07) is 10.9. The Bertz CT molecular complexity index is 1390. The zero-order valence-corrected chi connectivity index (χ0v) is 25.9. The summed E-state index contributed by atoms with van der Waals surface area (Å²) in [5, 5.41) is 9.30. The third-order valence-corrected chi connectivity index (χ3v) is 7.56. The molecule has 8 nitrogen and oxygen atoms in total. The van der Waals surface area contributed by atoms with Crippen molar-refractivity contribution in [2.45, 2.75) is 70.7 Å². The number of carbonyl (C=O) groups is 1. The maximum atomic E-state index is 13.4. The van der Waals surface area contributed by atoms with E-state index in [4.69, 9.17) is 35.9 Å². The molecule has 0 bridgehead atoms. The molecule has 0 spiro atoms. The summed E-state index contributed by atoms with van der Waals surface area (Å²) in [7, 11) is 0. The Balaban J connectivity index is 1.79. The number of aromatic nitrogens is 3. The van der Waals surface area contributed by atoms with Gasteiger partial charge in [-0.25, -0.2) is 9.48 Å². The molecule has 11 heteroatoms. The first-order valence-corrected chi connectivity index (χ1v) is 14.9. The minimum atomic E-state index is -0.613. The third kappa shape index (κ3) is 6.73. The van der Waals surface area contributed by atoms with Gasteiger partial charge in [0.25, 0.3) is 0 Å². The van der Waals surface area contributed by atoms with E-state index < -0.39 is 12.0 Å². The normalized spacial score (nSPS) is 14.9. The van der Waals surface area contributed by atoms with E-state index in [-0.39, 0.29) is 12.2 Å². The maximum absolute atomic E-state index is 13.4. The lowest BCUT2D eigenvalue weighted by atomic mass is 9.95. The van der Waals surface area contributed by atoms with Crippen LogP contribution in [-0.2, 0) is 15.3 Å². The van der Waals surface area contributed by atoms with Crippen LogP contribution in [0.25, 0.3) is 0 Å². The van der Waals surface area contributed by atoms with Crippen LogP contribution in [0.5, 0.6) is 11.5 Å². The Kier molecular flexibility index (Phi) is 9.51. The number of rotatable bonds is 10. The van der Waals surface area contributed by atoms with Gasteiger partial charge in [0.1, 0.15) is 6.04 Å². The molecule has 4 rings (SSSR count). The van der Waals surface area contributed by atoms with Crippen molar-refractivity contribution < 1.29 is 19.0 Å². The summed E-state index contributed by atoms with van der Waals surface area (Å²) in [5.74, 6) is 1.87. The largest absolute Gasteiger partial charge is 0.490 e. The fraction of sp³-hybridized carbons (Fsp3) is 0.393. The number of hydrogen-bond donors (Lipinski definition) is 1. The first kappa shape index (κ1) is 29.3. The molecular weight excluding hydrogens is 604 g/mol. The molecule has 1 aliphatic rings. The van der Waals surface area contributed by atoms with Gasteiger partial charge in [0.2, 0.25) is 11.1 Å². The molecule has 1 aliphatic heterocycles. The van der Waals surface area contributed by atoms with Crippen molar-refractivity contribution in [3.63, 3.8) is 0 Å². The molecule has 0 amide bonds. The molecule has 2 aromatic carbocycles. The average molecular weight is 636 g/mol. The highest BCUT2D eigenvalue weighted by Crippen LogP contribution is 2.44. The lowest BCUT2D eigenvalue weighted by Gasteiger charge is -2.29. The summed E-state index contributed by atoms with van der Waals surface area (Å²) >= 11 is 11.5. The number of benzene rings is 2. The fourth-order valence-corrected chi connectivity index (χ4v) is 5.83. The minimum Gasteiger partial charge on any atom is -0.490 e. The van der Waals surface area contributed by atoms with E-state index in [9.17, 15) is 4.79 Å². The van der Waals surface area contributed by atoms with Crippen LogP contribution in [0.15, 0.2) is 57.3 Å². The van der Waals surface area contributed by atoms with Gasteiger partial charge in [-0.05, 0) is 86.8 Å². The van der Waals surface area contributed by atoms with Crippen molar-refractivity contribution in [1.29, 1.82) is 0 Å². The van der Waals surface area contributed by atoms with Gasteiger partial charge in [0.15, 0.2) is 11.5 Å². The Hall–Kier alpha value is -2.69. The zero-order chi connectivity index (χ0) is 28.3. The van der Waals surface area contributed by atoms with Crippen LogP contribution in [0.2, 0.25) is 5.02 Å². The van der Waals surface area contributed by atoms with Gasteiger partial charge in [-0.15, -0.1) is 5.10 Å². The van der Waals surface area contributed by atoms with Crippen LogP contribution < -0.4 is 14.8 Å². The first-order valence-electron chi connectivity index (χ1n) is 12.7. The highest BCUT2D eigenvalue weighted by Gasteiger charge is 2.36. The molecule has 39 heavy (non-hydrogen) atoms. The van der Waals surface area contributed by atoms with Crippen LogP contribution in [0.1, 0.15) is 58.7 Å². The number of allylic oxidation sites excluding steroid dienone is 1. The molecule has 0 radical (unpaired) electrons. The highest BCUT2D eigenvalue weighted by atomic mass is 79.9. The van der Waals surface area contributed by atoms with Crippen LogP contribution in [0.4, 0.5) is 5.95 Å². The lowest BCUT2D eigenvalue weighted by Crippen LogP contribution is -2.30. The highest BCUT2D eigenvalue weighted by molar-refractivity contribution is 9.10. The standard InChI is InChI=1S/C28H32BrClN4O4S/c1-7-36-22-13-19(12-20(29)25(22)37-15(2)3)24-23(26(35)38-16(4)5)17(6)31-27-32-28(33-34(24)27)39-14-18-10-8-9-11-21(18)30/h8-13,15-16,24H,7,14H2,1-6H3,(H,31,32,33). The molecule has 1 aromatic heterocycles. The number of halogens is 2. The molecule has 0 saturated carbocycles. The van der Waals surface area contributed by atoms with E-state index in [2.05, 4.69) is 21.2 Å². The number of hydrogen-bond acceptors (Lipinski definition) is 8. The number of thioether (sulfide) groups is 1.